The summed E-state index contributed by atoms with van der Waals surface area (Å²) in [4.78, 5) is 24.5. The molecule has 1 N–H and O–H groups in total. The van der Waals surface area contributed by atoms with E-state index in [1.54, 1.807) is 4.90 Å². The molecular weight excluding hydrogens is 276 g/mol. The summed E-state index contributed by atoms with van der Waals surface area (Å²) in [7, 11) is 0. The number of carbonyl (C=O) groups excluding carboxylic acids is 1. The zero-order valence-electron chi connectivity index (χ0n) is 11.4. The minimum absolute atomic E-state index is 0.0547. The van der Waals surface area contributed by atoms with E-state index in [-0.39, 0.29) is 17.5 Å². The van der Waals surface area contributed by atoms with Gasteiger partial charge in [0.2, 0.25) is 0 Å². The molecule has 0 radical (unpaired) electrons. The van der Waals surface area contributed by atoms with E-state index in [0.717, 1.165) is 18.9 Å². The van der Waals surface area contributed by atoms with E-state index in [1.165, 1.54) is 12.1 Å². The van der Waals surface area contributed by atoms with Crippen LogP contribution in [0.15, 0.2) is 18.2 Å². The summed E-state index contributed by atoms with van der Waals surface area (Å²) < 4.78 is 5.44. The number of morpholine rings is 1. The number of carbonyl (C=O) groups is 1. The predicted molar refractivity (Wildman–Crippen MR) is 73.1 cm³/mol. The van der Waals surface area contributed by atoms with Gasteiger partial charge in [-0.3, -0.25) is 14.9 Å². The van der Waals surface area contributed by atoms with Crippen molar-refractivity contribution in [2.45, 2.75) is 18.9 Å². The smallest absolute Gasteiger partial charge is 0.311 e. The van der Waals surface area contributed by atoms with Gasteiger partial charge in [-0.05, 0) is 30.9 Å². The summed E-state index contributed by atoms with van der Waals surface area (Å²) in [5.74, 6) is -0.197. The van der Waals surface area contributed by atoms with Crippen LogP contribution >= 0.6 is 0 Å². The second-order valence-corrected chi connectivity index (χ2v) is 5.44. The lowest BCUT2D eigenvalue weighted by atomic mass is 10.1. The van der Waals surface area contributed by atoms with E-state index in [0.29, 0.717) is 25.7 Å². The van der Waals surface area contributed by atoms with Gasteiger partial charge in [0, 0.05) is 18.2 Å². The maximum absolute atomic E-state index is 12.6. The molecule has 1 aliphatic carbocycles. The molecule has 1 heterocycles. The molecule has 2 fully saturated rings. The van der Waals surface area contributed by atoms with Crippen LogP contribution in [0.25, 0.3) is 0 Å². The standard InChI is InChI=1S/C14H16N2O5/c17-13-4-3-10(7-11(13)16(19)20)14(18)15-5-6-21-8-12(15)9-1-2-9/h3-4,7,9,12,17H,1-2,5-6,8H2. The van der Waals surface area contributed by atoms with E-state index in [9.17, 15) is 20.0 Å². The van der Waals surface area contributed by atoms with Crippen LogP contribution in [-0.2, 0) is 4.74 Å². The number of aromatic hydroxyl groups is 1. The van der Waals surface area contributed by atoms with E-state index in [2.05, 4.69) is 0 Å². The van der Waals surface area contributed by atoms with Crippen molar-refractivity contribution >= 4 is 11.6 Å². The summed E-state index contributed by atoms with van der Waals surface area (Å²) in [6, 6.07) is 3.80. The normalized spacial score (nSPS) is 22.1. The minimum atomic E-state index is -0.691. The van der Waals surface area contributed by atoms with Crippen LogP contribution in [0.4, 0.5) is 5.69 Å². The van der Waals surface area contributed by atoms with Crippen LogP contribution in [0, 0.1) is 16.0 Å². The molecule has 1 aromatic rings. The van der Waals surface area contributed by atoms with Crippen molar-refractivity contribution < 1.29 is 19.6 Å². The number of ether oxygens (including phenoxy) is 1. The van der Waals surface area contributed by atoms with Gasteiger partial charge in [-0.2, -0.15) is 0 Å². The first-order valence-electron chi connectivity index (χ1n) is 6.94. The van der Waals surface area contributed by atoms with Crippen molar-refractivity contribution in [3.8, 4) is 5.75 Å². The highest BCUT2D eigenvalue weighted by Gasteiger charge is 2.39. The monoisotopic (exact) mass is 292 g/mol. The molecule has 21 heavy (non-hydrogen) atoms. The number of phenols is 1. The van der Waals surface area contributed by atoms with Crippen molar-refractivity contribution in [2.75, 3.05) is 19.8 Å². The van der Waals surface area contributed by atoms with Crippen LogP contribution in [0.2, 0.25) is 0 Å². The summed E-state index contributed by atoms with van der Waals surface area (Å²) in [5.41, 5.74) is -0.218. The fraction of sp³-hybridized carbons (Fsp3) is 0.500. The van der Waals surface area contributed by atoms with E-state index >= 15 is 0 Å². The fourth-order valence-corrected chi connectivity index (χ4v) is 2.72. The first kappa shape index (κ1) is 13.8. The van der Waals surface area contributed by atoms with Crippen LogP contribution in [0.5, 0.6) is 5.75 Å². The van der Waals surface area contributed by atoms with Gasteiger partial charge in [0.15, 0.2) is 5.75 Å². The molecule has 1 aliphatic heterocycles. The van der Waals surface area contributed by atoms with Gasteiger partial charge in [-0.25, -0.2) is 0 Å². The third-order valence-corrected chi connectivity index (χ3v) is 4.01. The molecule has 1 saturated heterocycles. The fourth-order valence-electron chi connectivity index (χ4n) is 2.72. The first-order chi connectivity index (χ1) is 10.1. The van der Waals surface area contributed by atoms with Gasteiger partial charge >= 0.3 is 5.69 Å². The molecule has 1 atom stereocenters. The number of nitro groups is 1. The molecule has 3 rings (SSSR count). The Morgan fingerprint density at radius 1 is 1.43 bits per heavy atom. The molecule has 112 valence electrons. The van der Waals surface area contributed by atoms with Crippen LogP contribution in [0.3, 0.4) is 0 Å². The van der Waals surface area contributed by atoms with Gasteiger partial charge in [0.25, 0.3) is 5.91 Å². The summed E-state index contributed by atoms with van der Waals surface area (Å²) in [5, 5.41) is 20.3. The third kappa shape index (κ3) is 2.69. The average Bonchev–Trinajstić information content (AvgIpc) is 3.31. The summed E-state index contributed by atoms with van der Waals surface area (Å²) in [6.45, 7) is 1.50. The first-order valence-corrected chi connectivity index (χ1v) is 6.94. The van der Waals surface area contributed by atoms with Gasteiger partial charge < -0.3 is 14.7 Å². The molecule has 1 aromatic carbocycles. The maximum atomic E-state index is 12.6. The third-order valence-electron chi connectivity index (χ3n) is 4.01. The molecule has 7 nitrogen and oxygen atoms in total. The minimum Gasteiger partial charge on any atom is -0.502 e. The molecule has 1 unspecified atom stereocenters. The molecule has 0 bridgehead atoms. The predicted octanol–water partition coefficient (Wildman–Crippen LogP) is 1.55. The highest BCUT2D eigenvalue weighted by molar-refractivity contribution is 5.95. The zero-order chi connectivity index (χ0) is 15.0. The Morgan fingerprint density at radius 3 is 2.86 bits per heavy atom. The number of amides is 1. The zero-order valence-corrected chi connectivity index (χ0v) is 11.4. The maximum Gasteiger partial charge on any atom is 0.311 e. The molecule has 0 aromatic heterocycles. The van der Waals surface area contributed by atoms with Crippen LogP contribution in [-0.4, -0.2) is 46.6 Å². The molecule has 1 saturated carbocycles. The van der Waals surface area contributed by atoms with Crippen LogP contribution < -0.4 is 0 Å². The number of rotatable bonds is 3. The number of benzene rings is 1. The summed E-state index contributed by atoms with van der Waals surface area (Å²) >= 11 is 0. The Kier molecular flexibility index (Phi) is 3.50. The number of nitro benzene ring substituents is 1. The number of nitrogens with zero attached hydrogens (tertiary/aromatic N) is 2. The largest absolute Gasteiger partial charge is 0.502 e. The Morgan fingerprint density at radius 2 is 2.19 bits per heavy atom. The van der Waals surface area contributed by atoms with E-state index < -0.39 is 16.4 Å². The van der Waals surface area contributed by atoms with Crippen molar-refractivity contribution in [2.24, 2.45) is 5.92 Å². The van der Waals surface area contributed by atoms with Gasteiger partial charge in [-0.15, -0.1) is 0 Å². The average molecular weight is 292 g/mol. The number of hydrogen-bond acceptors (Lipinski definition) is 5. The molecular formula is C14H16N2O5. The van der Waals surface area contributed by atoms with Gasteiger partial charge in [-0.1, -0.05) is 0 Å². The highest BCUT2D eigenvalue weighted by atomic mass is 16.6. The van der Waals surface area contributed by atoms with Crippen molar-refractivity contribution in [1.29, 1.82) is 0 Å². The van der Waals surface area contributed by atoms with E-state index in [1.807, 2.05) is 0 Å². The quantitative estimate of drug-likeness (QED) is 0.674. The lowest BCUT2D eigenvalue weighted by molar-refractivity contribution is -0.385. The molecule has 0 spiro atoms. The lowest BCUT2D eigenvalue weighted by Crippen LogP contribution is -2.49. The number of phenolic OH excluding ortho intramolecular Hbond substituents is 1. The Balaban J connectivity index is 1.86. The second-order valence-electron chi connectivity index (χ2n) is 5.44. The van der Waals surface area contributed by atoms with Crippen molar-refractivity contribution in [3.05, 3.63) is 33.9 Å². The Labute approximate surface area is 121 Å². The van der Waals surface area contributed by atoms with Crippen molar-refractivity contribution in [1.82, 2.24) is 4.90 Å². The Hall–Kier alpha value is -2.15. The summed E-state index contributed by atoms with van der Waals surface area (Å²) in [6.07, 6.45) is 2.18. The van der Waals surface area contributed by atoms with Crippen molar-refractivity contribution in [3.63, 3.8) is 0 Å². The lowest BCUT2D eigenvalue weighted by Gasteiger charge is -2.36. The van der Waals surface area contributed by atoms with E-state index in [4.69, 9.17) is 4.74 Å². The topological polar surface area (TPSA) is 92.9 Å². The molecule has 1 amide bonds. The Bertz CT molecular complexity index is 585. The van der Waals surface area contributed by atoms with Gasteiger partial charge in [0.1, 0.15) is 0 Å². The molecule has 2 aliphatic rings. The van der Waals surface area contributed by atoms with Gasteiger partial charge in [0.05, 0.1) is 24.2 Å². The highest BCUT2D eigenvalue weighted by Crippen LogP contribution is 2.37. The SMILES string of the molecule is O=C(c1ccc(O)c([N+](=O)[O-])c1)N1CCOCC1C1CC1. The molecule has 7 heteroatoms. The second kappa shape index (κ2) is 5.33. The number of hydrogen-bond donors (Lipinski definition) is 1. The van der Waals surface area contributed by atoms with Crippen LogP contribution in [0.1, 0.15) is 23.2 Å².